The number of unbranched alkanes of at least 4 members (excludes halogenated alkanes) is 3. The Morgan fingerprint density at radius 2 is 1.38 bits per heavy atom. The molecule has 45 heavy (non-hydrogen) atoms. The number of hydrogen-bond donors (Lipinski definition) is 1. The largest absolute Gasteiger partial charge is 0.496 e. The topological polar surface area (TPSA) is 84.3 Å². The highest BCUT2D eigenvalue weighted by atomic mass is 16.5. The molecular weight excluding hydrogens is 558 g/mol. The molecule has 0 heterocycles. The van der Waals surface area contributed by atoms with Crippen LogP contribution in [-0.2, 0) is 9.59 Å². The lowest BCUT2D eigenvalue weighted by Gasteiger charge is -2.07. The van der Waals surface area contributed by atoms with Crippen molar-refractivity contribution >= 4 is 30.6 Å². The SMILES string of the molecule is C/C(C=O)=C\c1cc(C)ccc1C.C=O.CC.CCCC(C)CCC.CCCCCC.COc1cc(C(C)=N)ccc1C(C)=O. The Labute approximate surface area is 277 Å². The average molecular weight is 626 g/mol. The van der Waals surface area contributed by atoms with E-state index < -0.39 is 0 Å². The first kappa shape index (κ1) is 48.6. The normalized spacial score (nSPS) is 9.60. The molecule has 5 heteroatoms. The van der Waals surface area contributed by atoms with Gasteiger partial charge in [-0.3, -0.25) is 9.59 Å². The summed E-state index contributed by atoms with van der Waals surface area (Å²) in [6.07, 6.45) is 13.8. The van der Waals surface area contributed by atoms with Crippen molar-refractivity contribution in [3.63, 3.8) is 0 Å². The van der Waals surface area contributed by atoms with E-state index in [1.165, 1.54) is 76.5 Å². The lowest BCUT2D eigenvalue weighted by Crippen LogP contribution is -2.00. The third-order valence-electron chi connectivity index (χ3n) is 6.54. The number of aryl methyl sites for hydroxylation is 2. The Kier molecular flexibility index (Phi) is 36.2. The Balaban J connectivity index is -0.000000250. The van der Waals surface area contributed by atoms with E-state index in [0.717, 1.165) is 28.9 Å². The molecule has 0 saturated carbocycles. The Hall–Kier alpha value is -3.34. The number of ether oxygens (including phenoxy) is 1. The summed E-state index contributed by atoms with van der Waals surface area (Å²) in [5.41, 5.74) is 6.09. The van der Waals surface area contributed by atoms with Crippen molar-refractivity contribution in [2.45, 2.75) is 134 Å². The third kappa shape index (κ3) is 26.8. The maximum atomic E-state index is 11.2. The summed E-state index contributed by atoms with van der Waals surface area (Å²) in [5.74, 6) is 1.46. The van der Waals surface area contributed by atoms with Crippen molar-refractivity contribution in [3.8, 4) is 5.75 Å². The number of methoxy groups -OCH3 is 1. The van der Waals surface area contributed by atoms with Gasteiger partial charge in [-0.05, 0) is 81.0 Å². The van der Waals surface area contributed by atoms with E-state index in [2.05, 4.69) is 52.8 Å². The molecule has 0 aliphatic rings. The predicted molar refractivity (Wildman–Crippen MR) is 198 cm³/mol. The van der Waals surface area contributed by atoms with Gasteiger partial charge in [0.25, 0.3) is 0 Å². The fraction of sp³-hybridized carbons (Fsp3) is 0.550. The second kappa shape index (κ2) is 33.6. The first-order valence-corrected chi connectivity index (χ1v) is 16.7. The molecule has 0 radical (unpaired) electrons. The number of aldehydes is 1. The number of allylic oxidation sites excluding steroid dienone is 1. The third-order valence-corrected chi connectivity index (χ3v) is 6.54. The highest BCUT2D eigenvalue weighted by Crippen LogP contribution is 2.21. The van der Waals surface area contributed by atoms with Gasteiger partial charge in [-0.15, -0.1) is 0 Å². The monoisotopic (exact) mass is 626 g/mol. The maximum absolute atomic E-state index is 11.2. The minimum absolute atomic E-state index is 0.0315. The van der Waals surface area contributed by atoms with Crippen LogP contribution in [0, 0.1) is 25.2 Å². The second-order valence-corrected chi connectivity index (χ2v) is 10.9. The van der Waals surface area contributed by atoms with Crippen LogP contribution in [-0.4, -0.2) is 31.7 Å². The van der Waals surface area contributed by atoms with E-state index in [0.29, 0.717) is 17.0 Å². The van der Waals surface area contributed by atoms with Gasteiger partial charge in [0.05, 0.1) is 12.7 Å². The number of carbonyl (C=O) groups excluding carboxylic acids is 3. The van der Waals surface area contributed by atoms with E-state index in [4.69, 9.17) is 14.9 Å². The number of rotatable bonds is 12. The molecule has 256 valence electrons. The summed E-state index contributed by atoms with van der Waals surface area (Å²) in [4.78, 5) is 29.6. The van der Waals surface area contributed by atoms with Crippen LogP contribution >= 0.6 is 0 Å². The smallest absolute Gasteiger partial charge is 0.163 e. The number of ketones is 1. The van der Waals surface area contributed by atoms with Crippen LogP contribution in [0.2, 0.25) is 0 Å². The summed E-state index contributed by atoms with van der Waals surface area (Å²) < 4.78 is 5.08. The average Bonchev–Trinajstić information content (AvgIpc) is 3.04. The first-order valence-electron chi connectivity index (χ1n) is 16.7. The van der Waals surface area contributed by atoms with Gasteiger partial charge in [-0.1, -0.05) is 130 Å². The molecule has 2 rings (SSSR count). The molecule has 0 aliphatic heterocycles. The molecule has 0 fully saturated rings. The van der Waals surface area contributed by atoms with Crippen molar-refractivity contribution in [2.24, 2.45) is 5.92 Å². The van der Waals surface area contributed by atoms with E-state index >= 15 is 0 Å². The predicted octanol–water partition coefficient (Wildman–Crippen LogP) is 11.8. The minimum Gasteiger partial charge on any atom is -0.496 e. The van der Waals surface area contributed by atoms with Gasteiger partial charge >= 0.3 is 0 Å². The molecule has 0 aliphatic carbocycles. The summed E-state index contributed by atoms with van der Waals surface area (Å²) in [6.45, 7) is 26.4. The van der Waals surface area contributed by atoms with E-state index in [9.17, 15) is 9.59 Å². The van der Waals surface area contributed by atoms with Crippen molar-refractivity contribution in [1.82, 2.24) is 0 Å². The number of hydrogen-bond acceptors (Lipinski definition) is 5. The number of carbonyl (C=O) groups is 3. The second-order valence-electron chi connectivity index (χ2n) is 10.9. The van der Waals surface area contributed by atoms with Crippen molar-refractivity contribution < 1.29 is 19.1 Å². The van der Waals surface area contributed by atoms with Gasteiger partial charge in [0.15, 0.2) is 5.78 Å². The fourth-order valence-electron chi connectivity index (χ4n) is 4.04. The number of benzene rings is 2. The van der Waals surface area contributed by atoms with Gasteiger partial charge in [0.1, 0.15) is 18.8 Å². The van der Waals surface area contributed by atoms with Crippen LogP contribution in [0.3, 0.4) is 0 Å². The van der Waals surface area contributed by atoms with Crippen LogP contribution in [0.25, 0.3) is 6.08 Å². The van der Waals surface area contributed by atoms with Gasteiger partial charge in [-0.2, -0.15) is 0 Å². The quantitative estimate of drug-likeness (QED) is 0.0836. The van der Waals surface area contributed by atoms with Gasteiger partial charge in [0.2, 0.25) is 0 Å². The zero-order valence-electron chi connectivity index (χ0n) is 31.2. The Bertz CT molecular complexity index is 1060. The van der Waals surface area contributed by atoms with E-state index in [1.54, 1.807) is 25.1 Å². The van der Waals surface area contributed by atoms with E-state index in [1.807, 2.05) is 47.5 Å². The molecule has 0 aromatic heterocycles. The molecule has 0 bridgehead atoms. The zero-order chi connectivity index (χ0) is 35.8. The minimum atomic E-state index is -0.0315. The molecule has 2 aromatic rings. The van der Waals surface area contributed by atoms with Crippen LogP contribution in [0.15, 0.2) is 42.0 Å². The number of Topliss-reactive ketones (excluding diaryl/α,β-unsaturated/α-hetero) is 1. The van der Waals surface area contributed by atoms with Crippen molar-refractivity contribution in [3.05, 3.63) is 69.8 Å². The van der Waals surface area contributed by atoms with Crippen molar-refractivity contribution in [1.29, 1.82) is 5.41 Å². The van der Waals surface area contributed by atoms with Crippen LogP contribution in [0.4, 0.5) is 0 Å². The van der Waals surface area contributed by atoms with Gasteiger partial charge < -0.3 is 14.9 Å². The lowest BCUT2D eigenvalue weighted by atomic mass is 10.0. The maximum Gasteiger partial charge on any atom is 0.163 e. The highest BCUT2D eigenvalue weighted by molar-refractivity contribution is 6.01. The molecule has 0 atom stereocenters. The van der Waals surface area contributed by atoms with Crippen LogP contribution in [0.1, 0.15) is 153 Å². The van der Waals surface area contributed by atoms with Crippen molar-refractivity contribution in [2.75, 3.05) is 7.11 Å². The summed E-state index contributed by atoms with van der Waals surface area (Å²) >= 11 is 0. The van der Waals surface area contributed by atoms with Gasteiger partial charge in [-0.25, -0.2) is 0 Å². The first-order chi connectivity index (χ1) is 21.4. The summed E-state index contributed by atoms with van der Waals surface area (Å²) in [6, 6.07) is 11.4. The molecule has 0 saturated heterocycles. The zero-order valence-corrected chi connectivity index (χ0v) is 31.2. The molecule has 1 N–H and O–H groups in total. The lowest BCUT2D eigenvalue weighted by molar-refractivity contribution is -0.104. The number of nitrogens with one attached hydrogen (secondary N) is 1. The molecule has 0 spiro atoms. The molecule has 0 unspecified atom stereocenters. The molecule has 2 aromatic carbocycles. The standard InChI is InChI=1S/C12H14O.C11H13NO2.C8H18.C6H14.C2H6.CH2O/c1-9-4-5-11(3)12(6-9)7-10(2)8-13;1-7(12)9-4-5-10(8(2)13)11(6-9)14-3;1-4-6-8(3)7-5-2;1-3-5-6-4-2;2*1-2/h4-8H,1-3H3;4-6,12H,1-3H3;8H,4-7H2,1-3H3;3-6H2,1-2H3;1-2H3;1H2/b10-7+;;;;;. The Morgan fingerprint density at radius 1 is 0.867 bits per heavy atom. The summed E-state index contributed by atoms with van der Waals surface area (Å²) in [7, 11) is 1.52. The molecule has 0 amide bonds. The highest BCUT2D eigenvalue weighted by Gasteiger charge is 2.09. The molecular formula is C40H67NO4. The van der Waals surface area contributed by atoms with Crippen LogP contribution in [0.5, 0.6) is 5.75 Å². The fourth-order valence-corrected chi connectivity index (χ4v) is 4.04. The summed E-state index contributed by atoms with van der Waals surface area (Å²) in [5, 5.41) is 7.44. The Morgan fingerprint density at radius 3 is 1.76 bits per heavy atom. The molecule has 5 nitrogen and oxygen atoms in total. The van der Waals surface area contributed by atoms with Gasteiger partial charge in [0, 0.05) is 5.71 Å². The van der Waals surface area contributed by atoms with Crippen LogP contribution < -0.4 is 4.74 Å². The van der Waals surface area contributed by atoms with E-state index in [-0.39, 0.29) is 5.78 Å².